The van der Waals surface area contributed by atoms with Crippen molar-refractivity contribution in [3.63, 3.8) is 0 Å². The maximum atomic E-state index is 5.87. The number of hydrogen-bond donors (Lipinski definition) is 1. The molecule has 1 rings (SSSR count). The van der Waals surface area contributed by atoms with Crippen LogP contribution in [-0.2, 0) is 18.3 Å². The second-order valence-electron chi connectivity index (χ2n) is 3.70. The van der Waals surface area contributed by atoms with E-state index in [2.05, 4.69) is 17.2 Å². The molecule has 4 nitrogen and oxygen atoms in total. The molecule has 1 aromatic rings. The van der Waals surface area contributed by atoms with Crippen LogP contribution in [0.3, 0.4) is 0 Å². The fourth-order valence-electron chi connectivity index (χ4n) is 1.28. The van der Waals surface area contributed by atoms with E-state index >= 15 is 0 Å². The van der Waals surface area contributed by atoms with Crippen LogP contribution in [0.15, 0.2) is 6.20 Å². The summed E-state index contributed by atoms with van der Waals surface area (Å²) in [5, 5.41) is 3.93. The molecule has 16 heavy (non-hydrogen) atoms. The Morgan fingerprint density at radius 3 is 2.94 bits per heavy atom. The Morgan fingerprint density at radius 2 is 2.31 bits per heavy atom. The highest BCUT2D eigenvalue weighted by atomic mass is 35.5. The van der Waals surface area contributed by atoms with Gasteiger partial charge in [0, 0.05) is 20.2 Å². The second kappa shape index (κ2) is 7.65. The summed E-state index contributed by atoms with van der Waals surface area (Å²) in [5.41, 5.74) is 0. The monoisotopic (exact) mass is 245 g/mol. The molecule has 0 aromatic carbocycles. The standard InChI is InChI=1S/C11H20ClN3O/c1-3-4-6-16-7-5-13-9-11-14-8-10(12)15(11)2/h8,13H,3-7,9H2,1-2H3. The molecular weight excluding hydrogens is 226 g/mol. The van der Waals surface area contributed by atoms with E-state index in [1.807, 2.05) is 11.6 Å². The van der Waals surface area contributed by atoms with Crippen molar-refractivity contribution in [2.75, 3.05) is 19.8 Å². The van der Waals surface area contributed by atoms with E-state index in [9.17, 15) is 0 Å². The number of hydrogen-bond acceptors (Lipinski definition) is 3. The van der Waals surface area contributed by atoms with Gasteiger partial charge in [-0.3, -0.25) is 0 Å². The second-order valence-corrected chi connectivity index (χ2v) is 4.09. The van der Waals surface area contributed by atoms with Gasteiger partial charge in [-0.05, 0) is 6.42 Å². The lowest BCUT2D eigenvalue weighted by atomic mass is 10.4. The molecule has 0 fully saturated rings. The van der Waals surface area contributed by atoms with Gasteiger partial charge in [0.25, 0.3) is 0 Å². The molecule has 5 heteroatoms. The summed E-state index contributed by atoms with van der Waals surface area (Å²) in [6.07, 6.45) is 3.98. The van der Waals surface area contributed by atoms with E-state index in [1.54, 1.807) is 6.20 Å². The average molecular weight is 246 g/mol. The molecule has 0 unspecified atom stereocenters. The number of nitrogens with zero attached hydrogens (tertiary/aromatic N) is 2. The van der Waals surface area contributed by atoms with E-state index in [1.165, 1.54) is 6.42 Å². The molecule has 0 atom stereocenters. The van der Waals surface area contributed by atoms with Crippen molar-refractivity contribution in [3.8, 4) is 0 Å². The van der Waals surface area contributed by atoms with E-state index in [0.29, 0.717) is 5.15 Å². The number of imidazole rings is 1. The molecule has 92 valence electrons. The van der Waals surface area contributed by atoms with Gasteiger partial charge in [-0.1, -0.05) is 24.9 Å². The fraction of sp³-hybridized carbons (Fsp3) is 0.727. The Morgan fingerprint density at radius 1 is 1.50 bits per heavy atom. The summed E-state index contributed by atoms with van der Waals surface area (Å²) in [6.45, 7) is 5.32. The zero-order valence-corrected chi connectivity index (χ0v) is 10.8. The van der Waals surface area contributed by atoms with Crippen LogP contribution in [0.5, 0.6) is 0 Å². The average Bonchev–Trinajstić information content (AvgIpc) is 2.59. The van der Waals surface area contributed by atoms with Crippen LogP contribution in [0.1, 0.15) is 25.6 Å². The Bertz CT molecular complexity index is 301. The van der Waals surface area contributed by atoms with E-state index in [0.717, 1.165) is 38.5 Å². The third-order valence-corrected chi connectivity index (χ3v) is 2.73. The van der Waals surface area contributed by atoms with Crippen molar-refractivity contribution in [1.82, 2.24) is 14.9 Å². The molecule has 1 aromatic heterocycles. The lowest BCUT2D eigenvalue weighted by Crippen LogP contribution is -2.21. The topological polar surface area (TPSA) is 39.1 Å². The number of nitrogens with one attached hydrogen (secondary N) is 1. The summed E-state index contributed by atoms with van der Waals surface area (Å²) in [6, 6.07) is 0. The van der Waals surface area contributed by atoms with Crippen LogP contribution >= 0.6 is 11.6 Å². The predicted molar refractivity (Wildman–Crippen MR) is 65.7 cm³/mol. The zero-order chi connectivity index (χ0) is 11.8. The molecule has 0 spiro atoms. The van der Waals surface area contributed by atoms with Gasteiger partial charge in [0.2, 0.25) is 0 Å². The maximum absolute atomic E-state index is 5.87. The Labute approximate surface area is 102 Å². The molecule has 0 aliphatic rings. The van der Waals surface area contributed by atoms with Crippen molar-refractivity contribution in [1.29, 1.82) is 0 Å². The normalized spacial score (nSPS) is 10.9. The van der Waals surface area contributed by atoms with Gasteiger partial charge in [0.05, 0.1) is 19.3 Å². The molecule has 0 saturated carbocycles. The Balaban J connectivity index is 2.05. The molecule has 0 aliphatic heterocycles. The van der Waals surface area contributed by atoms with Crippen molar-refractivity contribution < 1.29 is 4.74 Å². The summed E-state index contributed by atoms with van der Waals surface area (Å²) in [5.74, 6) is 0.943. The van der Waals surface area contributed by atoms with Crippen LogP contribution in [0, 0.1) is 0 Å². The quantitative estimate of drug-likeness (QED) is 0.712. The van der Waals surface area contributed by atoms with Crippen molar-refractivity contribution in [2.24, 2.45) is 7.05 Å². The number of aromatic nitrogens is 2. The first-order chi connectivity index (χ1) is 7.75. The van der Waals surface area contributed by atoms with E-state index in [-0.39, 0.29) is 0 Å². The maximum Gasteiger partial charge on any atom is 0.128 e. The molecule has 1 heterocycles. The van der Waals surface area contributed by atoms with Crippen LogP contribution in [-0.4, -0.2) is 29.3 Å². The predicted octanol–water partition coefficient (Wildman–Crippen LogP) is 1.98. The first-order valence-corrected chi connectivity index (χ1v) is 6.08. The first-order valence-electron chi connectivity index (χ1n) is 5.70. The van der Waals surface area contributed by atoms with Crippen LogP contribution in [0.4, 0.5) is 0 Å². The summed E-state index contributed by atoms with van der Waals surface area (Å²) < 4.78 is 7.30. The van der Waals surface area contributed by atoms with Gasteiger partial charge in [0.15, 0.2) is 0 Å². The van der Waals surface area contributed by atoms with Crippen molar-refractivity contribution >= 4 is 11.6 Å². The summed E-state index contributed by atoms with van der Waals surface area (Å²) in [4.78, 5) is 4.19. The van der Waals surface area contributed by atoms with E-state index in [4.69, 9.17) is 16.3 Å². The van der Waals surface area contributed by atoms with Crippen molar-refractivity contribution in [3.05, 3.63) is 17.2 Å². The third kappa shape index (κ3) is 4.51. The van der Waals surface area contributed by atoms with Gasteiger partial charge < -0.3 is 14.6 Å². The largest absolute Gasteiger partial charge is 0.380 e. The highest BCUT2D eigenvalue weighted by molar-refractivity contribution is 6.29. The van der Waals surface area contributed by atoms with Gasteiger partial charge in [0.1, 0.15) is 11.0 Å². The minimum absolute atomic E-state index is 0.663. The summed E-state index contributed by atoms with van der Waals surface area (Å²) >= 11 is 5.87. The van der Waals surface area contributed by atoms with Crippen LogP contribution < -0.4 is 5.32 Å². The zero-order valence-electron chi connectivity index (χ0n) is 10.0. The van der Waals surface area contributed by atoms with Crippen molar-refractivity contribution in [2.45, 2.75) is 26.3 Å². The molecular formula is C11H20ClN3O. The van der Waals surface area contributed by atoms with Gasteiger partial charge in [-0.2, -0.15) is 0 Å². The molecule has 1 N–H and O–H groups in total. The number of rotatable bonds is 8. The van der Waals surface area contributed by atoms with Gasteiger partial charge in [-0.25, -0.2) is 4.98 Å². The SMILES string of the molecule is CCCCOCCNCc1ncc(Cl)n1C. The molecule has 0 bridgehead atoms. The first kappa shape index (κ1) is 13.5. The Hall–Kier alpha value is -0.580. The van der Waals surface area contributed by atoms with Gasteiger partial charge >= 0.3 is 0 Å². The highest BCUT2D eigenvalue weighted by Crippen LogP contribution is 2.08. The minimum atomic E-state index is 0.663. The van der Waals surface area contributed by atoms with E-state index < -0.39 is 0 Å². The smallest absolute Gasteiger partial charge is 0.128 e. The lowest BCUT2D eigenvalue weighted by Gasteiger charge is -2.06. The summed E-state index contributed by atoms with van der Waals surface area (Å²) in [7, 11) is 1.91. The van der Waals surface area contributed by atoms with Gasteiger partial charge in [-0.15, -0.1) is 0 Å². The fourth-order valence-corrected chi connectivity index (χ4v) is 1.43. The lowest BCUT2D eigenvalue weighted by molar-refractivity contribution is 0.132. The molecule has 0 aliphatic carbocycles. The highest BCUT2D eigenvalue weighted by Gasteiger charge is 2.02. The molecule has 0 amide bonds. The number of halogens is 1. The number of ether oxygens (including phenoxy) is 1. The van der Waals surface area contributed by atoms with Crippen LogP contribution in [0.25, 0.3) is 0 Å². The Kier molecular flexibility index (Phi) is 6.45. The molecule has 0 radical (unpaired) electrons. The van der Waals surface area contributed by atoms with Crippen LogP contribution in [0.2, 0.25) is 5.15 Å². The minimum Gasteiger partial charge on any atom is -0.380 e. The number of unbranched alkanes of at least 4 members (excludes halogenated alkanes) is 1. The molecule has 0 saturated heterocycles. The third-order valence-electron chi connectivity index (χ3n) is 2.38.